The fraction of sp³-hybridized carbons (Fsp3) is 0.298. The zero-order valence-corrected chi connectivity index (χ0v) is 33.7. The second-order valence-corrected chi connectivity index (χ2v) is 14.1. The molecule has 0 aromatic heterocycles. The van der Waals surface area contributed by atoms with Gasteiger partial charge in [0.2, 0.25) is 5.91 Å². The van der Waals surface area contributed by atoms with Crippen LogP contribution in [0.25, 0.3) is 11.1 Å². The zero-order chi connectivity index (χ0) is 41.3. The monoisotopic (exact) mass is 786 g/mol. The molecule has 0 saturated heterocycles. The van der Waals surface area contributed by atoms with Gasteiger partial charge >= 0.3 is 11.9 Å². The number of carboxylic acids is 1. The van der Waals surface area contributed by atoms with Crippen molar-refractivity contribution in [3.8, 4) is 22.6 Å². The Morgan fingerprint density at radius 3 is 1.53 bits per heavy atom. The second kappa shape index (κ2) is 22.1. The Hall–Kier alpha value is -6.01. The molecule has 0 spiro atoms. The molecule has 304 valence electrons. The standard InChI is InChI=1S/C47H54N4O7/c1-48-25-24-40(49-2)45(52)51(4)42(47(55)58-32-35-18-12-7-13-19-35)29-39-27-37(21-23-44(39)57-31-34-16-10-6-11-17-34)36-20-22-43(56-30-33-14-8-5-9-15-33)38(26-36)28-41(50-3)46(53)54/h5-23,26-27,40-42,48-50H,24-25,28-32H2,1-4H3,(H,53,54)/t40-,41-,42-/m0/s1. The van der Waals surface area contributed by atoms with E-state index in [4.69, 9.17) is 14.2 Å². The summed E-state index contributed by atoms with van der Waals surface area (Å²) in [4.78, 5) is 41.7. The van der Waals surface area contributed by atoms with Crippen molar-refractivity contribution in [3.63, 3.8) is 0 Å². The predicted molar refractivity (Wildman–Crippen MR) is 226 cm³/mol. The maximum atomic E-state index is 14.1. The van der Waals surface area contributed by atoms with Crippen molar-refractivity contribution < 1.29 is 33.7 Å². The van der Waals surface area contributed by atoms with Crippen molar-refractivity contribution in [1.29, 1.82) is 0 Å². The number of amides is 1. The molecule has 58 heavy (non-hydrogen) atoms. The number of carbonyl (C=O) groups excluding carboxylic acids is 2. The molecule has 0 saturated carbocycles. The molecule has 0 bridgehead atoms. The van der Waals surface area contributed by atoms with Gasteiger partial charge in [-0.25, -0.2) is 4.79 Å². The van der Waals surface area contributed by atoms with E-state index < -0.39 is 30.1 Å². The van der Waals surface area contributed by atoms with Gasteiger partial charge in [0.1, 0.15) is 43.4 Å². The molecule has 5 rings (SSSR count). The number of aliphatic carboxylic acids is 1. The minimum absolute atomic E-state index is 0.0518. The summed E-state index contributed by atoms with van der Waals surface area (Å²) in [5.74, 6) is -0.624. The quantitative estimate of drug-likeness (QED) is 0.0615. The van der Waals surface area contributed by atoms with Crippen LogP contribution in [0.1, 0.15) is 34.2 Å². The van der Waals surface area contributed by atoms with Crippen molar-refractivity contribution in [2.24, 2.45) is 0 Å². The summed E-state index contributed by atoms with van der Waals surface area (Å²) in [7, 11) is 6.81. The van der Waals surface area contributed by atoms with E-state index in [1.807, 2.05) is 134 Å². The van der Waals surface area contributed by atoms with Crippen LogP contribution in [0.3, 0.4) is 0 Å². The Kier molecular flexibility index (Phi) is 16.4. The summed E-state index contributed by atoms with van der Waals surface area (Å²) in [5.41, 5.74) is 5.81. The molecule has 0 unspecified atom stereocenters. The van der Waals surface area contributed by atoms with Crippen molar-refractivity contribution in [1.82, 2.24) is 20.9 Å². The summed E-state index contributed by atoms with van der Waals surface area (Å²) in [5, 5.41) is 19.0. The van der Waals surface area contributed by atoms with Gasteiger partial charge in [0, 0.05) is 19.9 Å². The number of nitrogens with one attached hydrogen (secondary N) is 3. The van der Waals surface area contributed by atoms with E-state index >= 15 is 0 Å². The third-order valence-corrected chi connectivity index (χ3v) is 10.1. The number of likely N-dealkylation sites (N-methyl/N-ethyl adjacent to an activating group) is 3. The smallest absolute Gasteiger partial charge is 0.329 e. The van der Waals surface area contributed by atoms with E-state index in [2.05, 4.69) is 16.0 Å². The summed E-state index contributed by atoms with van der Waals surface area (Å²) in [6.45, 7) is 1.26. The van der Waals surface area contributed by atoms with Gasteiger partial charge in [0.05, 0.1) is 6.04 Å². The van der Waals surface area contributed by atoms with Gasteiger partial charge < -0.3 is 40.2 Å². The average molecular weight is 787 g/mol. The first-order chi connectivity index (χ1) is 28.2. The average Bonchev–Trinajstić information content (AvgIpc) is 3.26. The van der Waals surface area contributed by atoms with Crippen LogP contribution in [0.2, 0.25) is 0 Å². The third kappa shape index (κ3) is 12.2. The largest absolute Gasteiger partial charge is 0.489 e. The highest BCUT2D eigenvalue weighted by Gasteiger charge is 2.33. The highest BCUT2D eigenvalue weighted by atomic mass is 16.5. The second-order valence-electron chi connectivity index (χ2n) is 14.1. The SMILES string of the molecule is CNCC[C@H](NC)C(=O)N(C)[C@@H](Cc1cc(-c2ccc(OCc3ccccc3)c(C[C@H](NC)C(=O)O)c2)ccc1OCc1ccccc1)C(=O)OCc1ccccc1. The molecule has 11 nitrogen and oxygen atoms in total. The molecule has 0 aliphatic carbocycles. The zero-order valence-electron chi connectivity index (χ0n) is 33.7. The maximum Gasteiger partial charge on any atom is 0.329 e. The lowest BCUT2D eigenvalue weighted by Crippen LogP contribution is -2.52. The summed E-state index contributed by atoms with van der Waals surface area (Å²) in [6.07, 6.45) is 0.798. The van der Waals surface area contributed by atoms with Gasteiger partial charge in [-0.3, -0.25) is 9.59 Å². The van der Waals surface area contributed by atoms with Crippen LogP contribution >= 0.6 is 0 Å². The molecule has 0 radical (unpaired) electrons. The molecule has 5 aromatic carbocycles. The number of ether oxygens (including phenoxy) is 3. The normalized spacial score (nSPS) is 12.6. The highest BCUT2D eigenvalue weighted by molar-refractivity contribution is 5.88. The minimum atomic E-state index is -0.993. The van der Waals surface area contributed by atoms with Gasteiger partial charge in [-0.15, -0.1) is 0 Å². The number of benzene rings is 5. The van der Waals surface area contributed by atoms with E-state index in [1.54, 1.807) is 21.1 Å². The van der Waals surface area contributed by atoms with Crippen LogP contribution in [0.4, 0.5) is 0 Å². The number of nitrogens with zero attached hydrogens (tertiary/aromatic N) is 1. The Balaban J connectivity index is 1.54. The van der Waals surface area contributed by atoms with Gasteiger partial charge in [-0.1, -0.05) is 103 Å². The first kappa shape index (κ1) is 43.1. The van der Waals surface area contributed by atoms with Gasteiger partial charge in [-0.2, -0.15) is 0 Å². The Morgan fingerprint density at radius 1 is 0.621 bits per heavy atom. The van der Waals surface area contributed by atoms with E-state index in [0.29, 0.717) is 42.2 Å². The van der Waals surface area contributed by atoms with Crippen molar-refractivity contribution >= 4 is 17.8 Å². The molecule has 1 amide bonds. The van der Waals surface area contributed by atoms with Crippen LogP contribution in [0.15, 0.2) is 127 Å². The lowest BCUT2D eigenvalue weighted by molar-refractivity contribution is -0.156. The molecule has 4 N–H and O–H groups in total. The van der Waals surface area contributed by atoms with Crippen LogP contribution < -0.4 is 25.4 Å². The topological polar surface area (TPSA) is 138 Å². The Bertz CT molecular complexity index is 2060. The number of hydrogen-bond donors (Lipinski definition) is 4. The lowest BCUT2D eigenvalue weighted by atomic mass is 9.95. The van der Waals surface area contributed by atoms with E-state index in [0.717, 1.165) is 27.8 Å². The highest BCUT2D eigenvalue weighted by Crippen LogP contribution is 2.33. The number of carboxylic acid groups (broad SMARTS) is 1. The number of carbonyl (C=O) groups is 3. The van der Waals surface area contributed by atoms with Crippen LogP contribution in [-0.4, -0.2) is 80.7 Å². The maximum absolute atomic E-state index is 14.1. The Morgan fingerprint density at radius 2 is 1.09 bits per heavy atom. The molecule has 0 aliphatic heterocycles. The molecule has 11 heteroatoms. The van der Waals surface area contributed by atoms with Crippen molar-refractivity contribution in [2.45, 2.75) is 57.2 Å². The first-order valence-corrected chi connectivity index (χ1v) is 19.5. The first-order valence-electron chi connectivity index (χ1n) is 19.5. The molecular formula is C47H54N4O7. The lowest BCUT2D eigenvalue weighted by Gasteiger charge is -2.30. The van der Waals surface area contributed by atoms with Gasteiger partial charge in [0.25, 0.3) is 0 Å². The summed E-state index contributed by atoms with van der Waals surface area (Å²) < 4.78 is 18.6. The van der Waals surface area contributed by atoms with Crippen LogP contribution in [0, 0.1) is 0 Å². The fourth-order valence-corrected chi connectivity index (χ4v) is 6.61. The van der Waals surface area contributed by atoms with Crippen LogP contribution in [0.5, 0.6) is 11.5 Å². The Labute approximate surface area is 341 Å². The number of rotatable bonds is 22. The summed E-state index contributed by atoms with van der Waals surface area (Å²) >= 11 is 0. The molecule has 0 fully saturated rings. The van der Waals surface area contributed by atoms with Gasteiger partial charge in [0.15, 0.2) is 0 Å². The summed E-state index contributed by atoms with van der Waals surface area (Å²) in [6, 6.07) is 38.1. The van der Waals surface area contributed by atoms with Crippen molar-refractivity contribution in [2.75, 3.05) is 34.7 Å². The third-order valence-electron chi connectivity index (χ3n) is 10.1. The fourth-order valence-electron chi connectivity index (χ4n) is 6.61. The molecule has 0 aliphatic rings. The van der Waals surface area contributed by atoms with E-state index in [-0.39, 0.29) is 32.0 Å². The predicted octanol–water partition coefficient (Wildman–Crippen LogP) is 6.04. The van der Waals surface area contributed by atoms with Gasteiger partial charge in [-0.05, 0) is 97.3 Å². The van der Waals surface area contributed by atoms with E-state index in [9.17, 15) is 19.5 Å². The van der Waals surface area contributed by atoms with Crippen LogP contribution in [-0.2, 0) is 51.8 Å². The molecule has 3 atom stereocenters. The van der Waals surface area contributed by atoms with Crippen molar-refractivity contribution in [3.05, 3.63) is 155 Å². The number of esters is 1. The molecular weight excluding hydrogens is 733 g/mol. The number of hydrogen-bond acceptors (Lipinski definition) is 9. The molecule has 5 aromatic rings. The minimum Gasteiger partial charge on any atom is -0.489 e. The molecule has 0 heterocycles. The van der Waals surface area contributed by atoms with E-state index in [1.165, 1.54) is 4.90 Å².